The molecule has 1 N–H and O–H groups in total. The zero-order chi connectivity index (χ0) is 19.8. The van der Waals surface area contributed by atoms with Crippen LogP contribution in [0.2, 0.25) is 10.0 Å². The number of rotatable bonds is 4. The van der Waals surface area contributed by atoms with E-state index in [2.05, 4.69) is 5.32 Å². The van der Waals surface area contributed by atoms with Crippen LogP contribution in [0.4, 0.5) is 10.1 Å². The highest BCUT2D eigenvalue weighted by Gasteiger charge is 2.33. The standard InChI is InChI=1S/C19H15Cl2FN2O4/c20-11-1-12(21)3-13(2-11)27-8-10-6-24(7-10)19(26)14-4-16-17(5-15(14)22)28-9-18(25)23-16/h1-5,10H,6-9H2,(H,23,25). The molecule has 0 aromatic heterocycles. The minimum Gasteiger partial charge on any atom is -0.493 e. The van der Waals surface area contributed by atoms with Crippen molar-refractivity contribution in [2.45, 2.75) is 0 Å². The minimum atomic E-state index is -0.687. The smallest absolute Gasteiger partial charge is 0.262 e. The summed E-state index contributed by atoms with van der Waals surface area (Å²) in [4.78, 5) is 25.5. The Hall–Kier alpha value is -2.51. The molecule has 2 heterocycles. The Morgan fingerprint density at radius 1 is 1.21 bits per heavy atom. The van der Waals surface area contributed by atoms with Crippen LogP contribution in [-0.4, -0.2) is 43.0 Å². The lowest BCUT2D eigenvalue weighted by molar-refractivity contribution is -0.118. The zero-order valence-corrected chi connectivity index (χ0v) is 16.0. The van der Waals surface area contributed by atoms with Crippen LogP contribution in [0.25, 0.3) is 0 Å². The van der Waals surface area contributed by atoms with E-state index in [-0.39, 0.29) is 29.7 Å². The van der Waals surface area contributed by atoms with Crippen LogP contribution in [0, 0.1) is 11.7 Å². The number of amides is 2. The Morgan fingerprint density at radius 2 is 1.93 bits per heavy atom. The largest absolute Gasteiger partial charge is 0.493 e. The fourth-order valence-corrected chi connectivity index (χ4v) is 3.61. The molecular weight excluding hydrogens is 410 g/mol. The molecular formula is C19H15Cl2FN2O4. The molecule has 1 saturated heterocycles. The van der Waals surface area contributed by atoms with Gasteiger partial charge in [-0.05, 0) is 24.3 Å². The van der Waals surface area contributed by atoms with Crippen molar-refractivity contribution in [2.24, 2.45) is 5.92 Å². The quantitative estimate of drug-likeness (QED) is 0.813. The van der Waals surface area contributed by atoms with Crippen molar-refractivity contribution in [3.8, 4) is 11.5 Å². The van der Waals surface area contributed by atoms with Crippen LogP contribution in [0.3, 0.4) is 0 Å². The number of likely N-dealkylation sites (tertiary alicyclic amines) is 1. The number of carbonyl (C=O) groups is 2. The molecule has 1 fully saturated rings. The van der Waals surface area contributed by atoms with Crippen molar-refractivity contribution in [3.05, 3.63) is 51.8 Å². The maximum atomic E-state index is 14.3. The lowest BCUT2D eigenvalue weighted by Gasteiger charge is -2.39. The van der Waals surface area contributed by atoms with E-state index < -0.39 is 11.7 Å². The van der Waals surface area contributed by atoms with Crippen LogP contribution >= 0.6 is 23.2 Å². The van der Waals surface area contributed by atoms with Crippen LogP contribution in [0.1, 0.15) is 10.4 Å². The van der Waals surface area contributed by atoms with E-state index in [4.69, 9.17) is 32.7 Å². The first-order valence-corrected chi connectivity index (χ1v) is 9.29. The van der Waals surface area contributed by atoms with Gasteiger partial charge in [-0.15, -0.1) is 0 Å². The molecule has 2 aliphatic heterocycles. The average molecular weight is 425 g/mol. The fourth-order valence-electron chi connectivity index (χ4n) is 3.10. The Kier molecular flexibility index (Phi) is 5.03. The number of benzene rings is 2. The van der Waals surface area contributed by atoms with Gasteiger partial charge in [-0.2, -0.15) is 0 Å². The number of nitrogens with one attached hydrogen (secondary N) is 1. The Balaban J connectivity index is 1.36. The number of nitrogens with zero attached hydrogens (tertiary/aromatic N) is 1. The molecule has 2 aromatic carbocycles. The number of halogens is 3. The summed E-state index contributed by atoms with van der Waals surface area (Å²) >= 11 is 11.9. The van der Waals surface area contributed by atoms with E-state index in [0.29, 0.717) is 41.2 Å². The number of fused-ring (bicyclic) bond motifs is 1. The summed E-state index contributed by atoms with van der Waals surface area (Å²) in [6, 6.07) is 7.36. The maximum absolute atomic E-state index is 14.3. The van der Waals surface area contributed by atoms with E-state index in [1.807, 2.05) is 0 Å². The first-order valence-electron chi connectivity index (χ1n) is 8.53. The predicted molar refractivity (Wildman–Crippen MR) is 102 cm³/mol. The van der Waals surface area contributed by atoms with E-state index in [1.54, 1.807) is 18.2 Å². The topological polar surface area (TPSA) is 67.9 Å². The maximum Gasteiger partial charge on any atom is 0.262 e. The van der Waals surface area contributed by atoms with Gasteiger partial charge >= 0.3 is 0 Å². The van der Waals surface area contributed by atoms with E-state index in [0.717, 1.165) is 6.07 Å². The number of anilines is 1. The molecule has 2 aromatic rings. The van der Waals surface area contributed by atoms with Gasteiger partial charge in [-0.1, -0.05) is 23.2 Å². The van der Waals surface area contributed by atoms with Gasteiger partial charge in [0.05, 0.1) is 17.9 Å². The van der Waals surface area contributed by atoms with Gasteiger partial charge in [-0.3, -0.25) is 9.59 Å². The predicted octanol–water partition coefficient (Wildman–Crippen LogP) is 3.61. The van der Waals surface area contributed by atoms with Crippen LogP contribution in [-0.2, 0) is 4.79 Å². The van der Waals surface area contributed by atoms with Crippen molar-refractivity contribution in [2.75, 3.05) is 31.6 Å². The second-order valence-corrected chi connectivity index (χ2v) is 7.53. The van der Waals surface area contributed by atoms with Crippen molar-refractivity contribution < 1.29 is 23.5 Å². The lowest BCUT2D eigenvalue weighted by atomic mass is 9.99. The van der Waals surface area contributed by atoms with Crippen LogP contribution in [0.5, 0.6) is 11.5 Å². The molecule has 0 unspecified atom stereocenters. The summed E-state index contributed by atoms with van der Waals surface area (Å²) in [5.41, 5.74) is 0.185. The van der Waals surface area contributed by atoms with Gasteiger partial charge in [0.1, 0.15) is 17.3 Å². The first-order chi connectivity index (χ1) is 13.4. The Bertz CT molecular complexity index is 943. The van der Waals surface area contributed by atoms with Crippen molar-refractivity contribution in [1.29, 1.82) is 0 Å². The molecule has 0 atom stereocenters. The van der Waals surface area contributed by atoms with E-state index in [1.165, 1.54) is 11.0 Å². The molecule has 0 spiro atoms. The summed E-state index contributed by atoms with van der Waals surface area (Å²) in [6.07, 6.45) is 0. The molecule has 2 amide bonds. The third-order valence-corrected chi connectivity index (χ3v) is 4.94. The number of carbonyl (C=O) groups excluding carboxylic acids is 2. The molecule has 2 aliphatic rings. The third kappa shape index (κ3) is 3.86. The first kappa shape index (κ1) is 18.8. The van der Waals surface area contributed by atoms with Crippen molar-refractivity contribution >= 4 is 40.7 Å². The van der Waals surface area contributed by atoms with Gasteiger partial charge in [0.15, 0.2) is 6.61 Å². The average Bonchev–Trinajstić information content (AvgIpc) is 2.59. The molecule has 0 radical (unpaired) electrons. The van der Waals surface area contributed by atoms with Gasteiger partial charge in [0.25, 0.3) is 11.8 Å². The normalized spacial score (nSPS) is 16.0. The molecule has 6 nitrogen and oxygen atoms in total. The molecule has 4 rings (SSSR count). The van der Waals surface area contributed by atoms with Gasteiger partial charge in [0, 0.05) is 35.1 Å². The second kappa shape index (κ2) is 7.48. The van der Waals surface area contributed by atoms with Crippen molar-refractivity contribution in [3.63, 3.8) is 0 Å². The highest BCUT2D eigenvalue weighted by atomic mass is 35.5. The molecule has 0 aliphatic carbocycles. The zero-order valence-electron chi connectivity index (χ0n) is 14.5. The van der Waals surface area contributed by atoms with Crippen LogP contribution < -0.4 is 14.8 Å². The highest BCUT2D eigenvalue weighted by molar-refractivity contribution is 6.34. The fraction of sp³-hybridized carbons (Fsp3) is 0.263. The monoisotopic (exact) mass is 424 g/mol. The summed E-state index contributed by atoms with van der Waals surface area (Å²) < 4.78 is 25.1. The molecule has 28 heavy (non-hydrogen) atoms. The van der Waals surface area contributed by atoms with Crippen molar-refractivity contribution in [1.82, 2.24) is 4.90 Å². The van der Waals surface area contributed by atoms with Gasteiger partial charge in [0.2, 0.25) is 0 Å². The summed E-state index contributed by atoms with van der Waals surface area (Å²) in [5.74, 6) is -0.594. The summed E-state index contributed by atoms with van der Waals surface area (Å²) in [6.45, 7) is 1.08. The Labute approximate surface area is 170 Å². The number of ether oxygens (including phenoxy) is 2. The lowest BCUT2D eigenvalue weighted by Crippen LogP contribution is -2.52. The molecule has 0 saturated carbocycles. The van der Waals surface area contributed by atoms with E-state index in [9.17, 15) is 14.0 Å². The summed E-state index contributed by atoms with van der Waals surface area (Å²) in [5, 5.41) is 3.53. The SMILES string of the molecule is O=C1COc2cc(F)c(C(=O)N3CC(COc4cc(Cl)cc(Cl)c4)C3)cc2N1. The van der Waals surface area contributed by atoms with Gasteiger partial charge < -0.3 is 19.7 Å². The summed E-state index contributed by atoms with van der Waals surface area (Å²) in [7, 11) is 0. The Morgan fingerprint density at radius 3 is 2.64 bits per heavy atom. The highest BCUT2D eigenvalue weighted by Crippen LogP contribution is 2.32. The third-order valence-electron chi connectivity index (χ3n) is 4.50. The van der Waals surface area contributed by atoms with Crippen LogP contribution in [0.15, 0.2) is 30.3 Å². The second-order valence-electron chi connectivity index (χ2n) is 6.66. The number of hydrogen-bond donors (Lipinski definition) is 1. The minimum absolute atomic E-state index is 0.106. The molecule has 146 valence electrons. The molecule has 9 heteroatoms. The van der Waals surface area contributed by atoms with E-state index >= 15 is 0 Å². The number of hydrogen-bond acceptors (Lipinski definition) is 4. The van der Waals surface area contributed by atoms with Gasteiger partial charge in [-0.25, -0.2) is 4.39 Å². The molecule has 0 bridgehead atoms.